The third kappa shape index (κ3) is 8.04. The van der Waals surface area contributed by atoms with Crippen LogP contribution in [0.15, 0.2) is 78.9 Å². The first-order chi connectivity index (χ1) is 18.5. The van der Waals surface area contributed by atoms with Crippen molar-refractivity contribution in [1.29, 1.82) is 0 Å². The Labute approximate surface area is 226 Å². The fourth-order valence-electron chi connectivity index (χ4n) is 4.70. The SMILES string of the molecule is CC.Nc1ccccc1CNC(=O)CC1CCCCCC(NC(=O)c2ccc(-c3ccccc3)cc2)C1=O. The van der Waals surface area contributed by atoms with Gasteiger partial charge in [0.05, 0.1) is 6.04 Å². The minimum Gasteiger partial charge on any atom is -0.398 e. The van der Waals surface area contributed by atoms with Gasteiger partial charge in [0.15, 0.2) is 5.78 Å². The summed E-state index contributed by atoms with van der Waals surface area (Å²) >= 11 is 0. The fraction of sp³-hybridized carbons (Fsp3) is 0.344. The number of Topliss-reactive ketones (excluding diaryl/α,β-unsaturated/α-hetero) is 1. The van der Waals surface area contributed by atoms with Crippen LogP contribution in [0.5, 0.6) is 0 Å². The lowest BCUT2D eigenvalue weighted by Crippen LogP contribution is -2.45. The highest BCUT2D eigenvalue weighted by Gasteiger charge is 2.31. The molecule has 0 bridgehead atoms. The molecule has 0 aliphatic heterocycles. The van der Waals surface area contributed by atoms with Crippen molar-refractivity contribution in [3.05, 3.63) is 90.0 Å². The zero-order valence-corrected chi connectivity index (χ0v) is 22.4. The number of nitrogens with one attached hydrogen (secondary N) is 2. The first-order valence-corrected chi connectivity index (χ1v) is 13.6. The van der Waals surface area contributed by atoms with E-state index in [1.807, 2.05) is 74.5 Å². The molecule has 1 fully saturated rings. The van der Waals surface area contributed by atoms with Crippen molar-refractivity contribution in [3.8, 4) is 11.1 Å². The van der Waals surface area contributed by atoms with Crippen molar-refractivity contribution in [1.82, 2.24) is 10.6 Å². The molecule has 2 amide bonds. The van der Waals surface area contributed by atoms with Gasteiger partial charge in [-0.05, 0) is 47.7 Å². The highest BCUT2D eigenvalue weighted by Crippen LogP contribution is 2.24. The quantitative estimate of drug-likeness (QED) is 0.342. The predicted molar refractivity (Wildman–Crippen MR) is 153 cm³/mol. The van der Waals surface area contributed by atoms with Crippen LogP contribution in [0.25, 0.3) is 11.1 Å². The normalized spacial score (nSPS) is 17.3. The van der Waals surface area contributed by atoms with Crippen molar-refractivity contribution < 1.29 is 14.4 Å². The number of benzene rings is 3. The molecule has 4 rings (SSSR count). The molecule has 0 radical (unpaired) electrons. The van der Waals surface area contributed by atoms with Crippen LogP contribution in [-0.2, 0) is 16.1 Å². The van der Waals surface area contributed by atoms with Gasteiger partial charge in [0, 0.05) is 30.1 Å². The summed E-state index contributed by atoms with van der Waals surface area (Å²) in [7, 11) is 0. The highest BCUT2D eigenvalue weighted by molar-refractivity contribution is 5.99. The van der Waals surface area contributed by atoms with E-state index < -0.39 is 12.0 Å². The van der Waals surface area contributed by atoms with Gasteiger partial charge in [-0.3, -0.25) is 14.4 Å². The molecule has 1 saturated carbocycles. The zero-order chi connectivity index (χ0) is 27.3. The topological polar surface area (TPSA) is 101 Å². The highest BCUT2D eigenvalue weighted by atomic mass is 16.2. The van der Waals surface area contributed by atoms with Crippen molar-refractivity contribution in [2.75, 3.05) is 5.73 Å². The number of nitrogen functional groups attached to an aromatic ring is 1. The van der Waals surface area contributed by atoms with E-state index in [0.29, 0.717) is 30.6 Å². The maximum absolute atomic E-state index is 13.4. The van der Waals surface area contributed by atoms with Crippen molar-refractivity contribution in [2.24, 2.45) is 5.92 Å². The number of ketones is 1. The summed E-state index contributed by atoms with van der Waals surface area (Å²) in [4.78, 5) is 39.0. The monoisotopic (exact) mass is 513 g/mol. The van der Waals surface area contributed by atoms with Crippen LogP contribution >= 0.6 is 0 Å². The number of amides is 2. The van der Waals surface area contributed by atoms with E-state index in [9.17, 15) is 14.4 Å². The maximum atomic E-state index is 13.4. The first-order valence-electron chi connectivity index (χ1n) is 13.6. The van der Waals surface area contributed by atoms with Crippen LogP contribution < -0.4 is 16.4 Å². The number of nitrogens with two attached hydrogens (primary N) is 1. The second-order valence-corrected chi connectivity index (χ2v) is 9.39. The number of carbonyl (C=O) groups excluding carboxylic acids is 3. The van der Waals surface area contributed by atoms with Crippen molar-refractivity contribution in [3.63, 3.8) is 0 Å². The van der Waals surface area contributed by atoms with Crippen LogP contribution in [0.2, 0.25) is 0 Å². The number of hydrogen-bond acceptors (Lipinski definition) is 4. The Morgan fingerprint density at radius 1 is 0.816 bits per heavy atom. The van der Waals surface area contributed by atoms with Gasteiger partial charge in [-0.2, -0.15) is 0 Å². The molecule has 0 aromatic heterocycles. The second-order valence-electron chi connectivity index (χ2n) is 9.39. The molecule has 1 aliphatic rings. The Bertz CT molecular complexity index is 1190. The largest absolute Gasteiger partial charge is 0.398 e. The van der Waals surface area contributed by atoms with E-state index in [1.165, 1.54) is 0 Å². The van der Waals surface area contributed by atoms with Gasteiger partial charge in [-0.15, -0.1) is 0 Å². The molecule has 2 atom stereocenters. The molecule has 4 N–H and O–H groups in total. The van der Waals surface area contributed by atoms with Gasteiger partial charge in [0.25, 0.3) is 5.91 Å². The summed E-state index contributed by atoms with van der Waals surface area (Å²) < 4.78 is 0. The van der Waals surface area contributed by atoms with E-state index in [2.05, 4.69) is 10.6 Å². The minimum atomic E-state index is -0.589. The third-order valence-electron chi connectivity index (χ3n) is 6.81. The van der Waals surface area contributed by atoms with E-state index in [4.69, 9.17) is 5.73 Å². The number of carbonyl (C=O) groups is 3. The second kappa shape index (κ2) is 14.7. The van der Waals surface area contributed by atoms with Crippen LogP contribution in [0, 0.1) is 5.92 Å². The minimum absolute atomic E-state index is 0.0571. The van der Waals surface area contributed by atoms with Gasteiger partial charge >= 0.3 is 0 Å². The molecular weight excluding hydrogens is 474 g/mol. The van der Waals surface area contributed by atoms with Gasteiger partial charge in [-0.25, -0.2) is 0 Å². The molecule has 3 aromatic rings. The predicted octanol–water partition coefficient (Wildman–Crippen LogP) is 5.92. The smallest absolute Gasteiger partial charge is 0.251 e. The molecule has 6 heteroatoms. The Kier molecular flexibility index (Phi) is 11.1. The molecule has 200 valence electrons. The number of rotatable bonds is 7. The molecule has 1 aliphatic carbocycles. The molecule has 38 heavy (non-hydrogen) atoms. The van der Waals surface area contributed by atoms with Crippen molar-refractivity contribution >= 4 is 23.3 Å². The van der Waals surface area contributed by atoms with Crippen LogP contribution in [0.1, 0.15) is 68.3 Å². The third-order valence-corrected chi connectivity index (χ3v) is 6.81. The summed E-state index contributed by atoms with van der Waals surface area (Å²) in [5, 5.41) is 5.83. The molecule has 0 heterocycles. The van der Waals surface area contributed by atoms with Gasteiger partial charge in [-0.1, -0.05) is 93.8 Å². The first kappa shape index (κ1) is 28.6. The summed E-state index contributed by atoms with van der Waals surface area (Å²) in [6.45, 7) is 4.32. The Hall–Kier alpha value is -3.93. The summed E-state index contributed by atoms with van der Waals surface area (Å²) in [5.41, 5.74) is 10.0. The molecule has 2 unspecified atom stereocenters. The van der Waals surface area contributed by atoms with E-state index in [1.54, 1.807) is 18.2 Å². The van der Waals surface area contributed by atoms with Crippen molar-refractivity contribution in [2.45, 2.75) is 65.0 Å². The fourth-order valence-corrected chi connectivity index (χ4v) is 4.70. The Morgan fingerprint density at radius 3 is 2.16 bits per heavy atom. The average molecular weight is 514 g/mol. The molecule has 0 saturated heterocycles. The van der Waals surface area contributed by atoms with Gasteiger partial charge < -0.3 is 16.4 Å². The lowest BCUT2D eigenvalue weighted by molar-refractivity contribution is -0.130. The van der Waals surface area contributed by atoms with Crippen LogP contribution in [0.4, 0.5) is 5.69 Å². The zero-order valence-electron chi connectivity index (χ0n) is 22.4. The molecule has 3 aromatic carbocycles. The lowest BCUT2D eigenvalue weighted by Gasteiger charge is -2.26. The van der Waals surface area contributed by atoms with Crippen LogP contribution in [-0.4, -0.2) is 23.6 Å². The van der Waals surface area contributed by atoms with E-state index in [-0.39, 0.29) is 24.0 Å². The Morgan fingerprint density at radius 2 is 1.45 bits per heavy atom. The Balaban J connectivity index is 0.00000195. The average Bonchev–Trinajstić information content (AvgIpc) is 2.95. The van der Waals surface area contributed by atoms with Gasteiger partial charge in [0.1, 0.15) is 0 Å². The molecule has 0 spiro atoms. The summed E-state index contributed by atoms with van der Waals surface area (Å²) in [6.07, 6.45) is 4.10. The van der Waals surface area contributed by atoms with E-state index in [0.717, 1.165) is 36.0 Å². The summed E-state index contributed by atoms with van der Waals surface area (Å²) in [6, 6.07) is 24.1. The molecular formula is C32H39N3O3. The number of hydrogen-bond donors (Lipinski definition) is 3. The number of para-hydroxylation sites is 1. The molecule has 6 nitrogen and oxygen atoms in total. The standard InChI is InChI=1S/C30H33N3O3.C2H6/c31-26-13-8-7-12-25(26)20-32-28(34)19-24-11-5-2-6-14-27(29(24)35)33-30(36)23-17-15-22(16-18-23)21-9-3-1-4-10-21;1-2/h1,3-4,7-10,12-13,15-18,24,27H,2,5-6,11,14,19-20,31H2,(H,32,34)(H,33,36);1-2H3. The number of anilines is 1. The summed E-state index contributed by atoms with van der Waals surface area (Å²) in [5.74, 6) is -0.919. The van der Waals surface area contributed by atoms with E-state index >= 15 is 0 Å². The maximum Gasteiger partial charge on any atom is 0.251 e. The lowest BCUT2D eigenvalue weighted by atomic mass is 9.84. The van der Waals surface area contributed by atoms with Crippen LogP contribution in [0.3, 0.4) is 0 Å². The van der Waals surface area contributed by atoms with Gasteiger partial charge in [0.2, 0.25) is 5.91 Å².